The minimum Gasteiger partial charge on any atom is -0.306 e. The minimum atomic E-state index is 0.330. The molecule has 1 fully saturated rings. The first-order valence-corrected chi connectivity index (χ1v) is 7.96. The highest BCUT2D eigenvalue weighted by Gasteiger charge is 2.25. The van der Waals surface area contributed by atoms with Gasteiger partial charge in [0.25, 0.3) is 0 Å². The van der Waals surface area contributed by atoms with Crippen molar-refractivity contribution in [3.63, 3.8) is 0 Å². The zero-order valence-electron chi connectivity index (χ0n) is 12.8. The molecule has 1 heterocycles. The Morgan fingerprint density at radius 2 is 1.95 bits per heavy atom. The zero-order chi connectivity index (χ0) is 13.7. The molecule has 0 radical (unpaired) electrons. The minimum absolute atomic E-state index is 0.330. The lowest BCUT2D eigenvalue weighted by molar-refractivity contribution is 0.251. The normalized spacial score (nSPS) is 18.9. The lowest BCUT2D eigenvalue weighted by Gasteiger charge is -2.34. The van der Waals surface area contributed by atoms with E-state index in [1.54, 1.807) is 0 Å². The number of rotatable bonds is 6. The Morgan fingerprint density at radius 1 is 1.26 bits per heavy atom. The first-order valence-electron chi connectivity index (χ1n) is 7.96. The fourth-order valence-electron chi connectivity index (χ4n) is 3.15. The molecule has 0 amide bonds. The maximum atomic E-state index is 4.72. The van der Waals surface area contributed by atoms with E-state index in [4.69, 9.17) is 5.10 Å². The van der Waals surface area contributed by atoms with Gasteiger partial charge < -0.3 is 5.32 Å². The molecule has 3 nitrogen and oxygen atoms in total. The van der Waals surface area contributed by atoms with Crippen LogP contribution in [0.1, 0.15) is 77.5 Å². The molecule has 0 spiro atoms. The molecular weight excluding hydrogens is 234 g/mol. The van der Waals surface area contributed by atoms with Gasteiger partial charge in [0.1, 0.15) is 0 Å². The molecule has 1 N–H and O–H groups in total. The van der Waals surface area contributed by atoms with Crippen molar-refractivity contribution in [2.75, 3.05) is 0 Å². The predicted octanol–water partition coefficient (Wildman–Crippen LogP) is 4.06. The molecule has 0 saturated heterocycles. The molecule has 0 aromatic carbocycles. The fourth-order valence-corrected chi connectivity index (χ4v) is 3.15. The van der Waals surface area contributed by atoms with Crippen molar-refractivity contribution in [2.24, 2.45) is 0 Å². The highest BCUT2D eigenvalue weighted by Crippen LogP contribution is 2.27. The SMILES string of the molecule is CCC(CC)n1ccc(CNC2(C)CCCCC2)n1. The summed E-state index contributed by atoms with van der Waals surface area (Å²) in [5.41, 5.74) is 1.51. The number of aromatic nitrogens is 2. The largest absolute Gasteiger partial charge is 0.306 e. The van der Waals surface area contributed by atoms with E-state index in [1.165, 1.54) is 37.8 Å². The van der Waals surface area contributed by atoms with Crippen molar-refractivity contribution in [3.05, 3.63) is 18.0 Å². The second kappa shape index (κ2) is 6.56. The maximum Gasteiger partial charge on any atom is 0.0762 e. The topological polar surface area (TPSA) is 29.9 Å². The molecule has 3 heteroatoms. The van der Waals surface area contributed by atoms with Crippen LogP contribution in [0.5, 0.6) is 0 Å². The molecule has 1 aliphatic rings. The first kappa shape index (κ1) is 14.6. The van der Waals surface area contributed by atoms with E-state index < -0.39 is 0 Å². The number of nitrogens with zero attached hydrogens (tertiary/aromatic N) is 2. The van der Waals surface area contributed by atoms with Gasteiger partial charge in [-0.05, 0) is 38.7 Å². The van der Waals surface area contributed by atoms with Gasteiger partial charge in [0, 0.05) is 18.3 Å². The molecule has 108 valence electrons. The van der Waals surface area contributed by atoms with Crippen molar-refractivity contribution in [2.45, 2.75) is 83.8 Å². The summed E-state index contributed by atoms with van der Waals surface area (Å²) in [5.74, 6) is 0. The summed E-state index contributed by atoms with van der Waals surface area (Å²) in [5, 5.41) is 8.45. The van der Waals surface area contributed by atoms with Crippen LogP contribution < -0.4 is 5.32 Å². The third-order valence-corrected chi connectivity index (χ3v) is 4.63. The smallest absolute Gasteiger partial charge is 0.0762 e. The average Bonchev–Trinajstić information content (AvgIpc) is 2.88. The summed E-state index contributed by atoms with van der Waals surface area (Å²) in [6.07, 6.45) is 11.2. The summed E-state index contributed by atoms with van der Waals surface area (Å²) in [6, 6.07) is 2.72. The third-order valence-electron chi connectivity index (χ3n) is 4.63. The van der Waals surface area contributed by atoms with Crippen LogP contribution in [0.15, 0.2) is 12.3 Å². The van der Waals surface area contributed by atoms with E-state index in [-0.39, 0.29) is 0 Å². The Morgan fingerprint density at radius 3 is 2.58 bits per heavy atom. The highest BCUT2D eigenvalue weighted by molar-refractivity contribution is 5.01. The second-order valence-electron chi connectivity index (χ2n) is 6.23. The maximum absolute atomic E-state index is 4.72. The molecule has 19 heavy (non-hydrogen) atoms. The first-order chi connectivity index (χ1) is 9.17. The standard InChI is InChI=1S/C16H29N3/c1-4-15(5-2)19-12-9-14(18-19)13-17-16(3)10-7-6-8-11-16/h9,12,15,17H,4-8,10-11,13H2,1-3H3. The molecule has 0 atom stereocenters. The van der Waals surface area contributed by atoms with E-state index in [2.05, 4.69) is 43.0 Å². The van der Waals surface area contributed by atoms with E-state index in [9.17, 15) is 0 Å². The highest BCUT2D eigenvalue weighted by atomic mass is 15.3. The van der Waals surface area contributed by atoms with Gasteiger partial charge in [-0.1, -0.05) is 33.1 Å². The Labute approximate surface area is 117 Å². The molecule has 0 aliphatic heterocycles. The Bertz CT molecular complexity index is 373. The average molecular weight is 263 g/mol. The molecule has 1 saturated carbocycles. The molecule has 1 aromatic heterocycles. The summed E-state index contributed by atoms with van der Waals surface area (Å²) >= 11 is 0. The monoisotopic (exact) mass is 263 g/mol. The van der Waals surface area contributed by atoms with Crippen LogP contribution in [-0.4, -0.2) is 15.3 Å². The zero-order valence-corrected chi connectivity index (χ0v) is 12.8. The molecule has 2 rings (SSSR count). The van der Waals surface area contributed by atoms with Gasteiger partial charge in [0.05, 0.1) is 11.7 Å². The van der Waals surface area contributed by atoms with Crippen molar-refractivity contribution < 1.29 is 0 Å². The number of nitrogens with one attached hydrogen (secondary N) is 1. The lowest BCUT2D eigenvalue weighted by atomic mass is 9.83. The van der Waals surface area contributed by atoms with Gasteiger partial charge in [0.15, 0.2) is 0 Å². The second-order valence-corrected chi connectivity index (χ2v) is 6.23. The molecule has 1 aliphatic carbocycles. The molecular formula is C16H29N3. The third kappa shape index (κ3) is 3.82. The Hall–Kier alpha value is -0.830. The van der Waals surface area contributed by atoms with E-state index >= 15 is 0 Å². The van der Waals surface area contributed by atoms with Crippen molar-refractivity contribution in [3.8, 4) is 0 Å². The van der Waals surface area contributed by atoms with Gasteiger partial charge in [-0.2, -0.15) is 5.10 Å². The lowest BCUT2D eigenvalue weighted by Crippen LogP contribution is -2.43. The van der Waals surface area contributed by atoms with Crippen LogP contribution in [0.25, 0.3) is 0 Å². The van der Waals surface area contributed by atoms with Crippen LogP contribution in [0, 0.1) is 0 Å². The van der Waals surface area contributed by atoms with E-state index in [0.717, 1.165) is 19.4 Å². The van der Waals surface area contributed by atoms with E-state index in [0.29, 0.717) is 11.6 Å². The Kier molecular flexibility index (Phi) is 5.03. The van der Waals surface area contributed by atoms with Gasteiger partial charge in [-0.3, -0.25) is 4.68 Å². The summed E-state index contributed by atoms with van der Waals surface area (Å²) < 4.78 is 2.14. The Balaban J connectivity index is 1.89. The molecule has 0 unspecified atom stereocenters. The van der Waals surface area contributed by atoms with Gasteiger partial charge in [-0.25, -0.2) is 0 Å². The van der Waals surface area contributed by atoms with Crippen molar-refractivity contribution in [1.82, 2.24) is 15.1 Å². The van der Waals surface area contributed by atoms with Crippen LogP contribution in [-0.2, 0) is 6.54 Å². The predicted molar refractivity (Wildman–Crippen MR) is 80.2 cm³/mol. The fraction of sp³-hybridized carbons (Fsp3) is 0.812. The number of hydrogen-bond donors (Lipinski definition) is 1. The van der Waals surface area contributed by atoms with Gasteiger partial charge >= 0.3 is 0 Å². The van der Waals surface area contributed by atoms with Gasteiger partial charge in [-0.15, -0.1) is 0 Å². The van der Waals surface area contributed by atoms with Crippen molar-refractivity contribution >= 4 is 0 Å². The van der Waals surface area contributed by atoms with E-state index in [1.807, 2.05) is 0 Å². The summed E-state index contributed by atoms with van der Waals surface area (Å²) in [7, 11) is 0. The van der Waals surface area contributed by atoms with Crippen LogP contribution >= 0.6 is 0 Å². The van der Waals surface area contributed by atoms with Crippen LogP contribution in [0.4, 0.5) is 0 Å². The summed E-state index contributed by atoms with van der Waals surface area (Å²) in [6.45, 7) is 7.74. The molecule has 1 aromatic rings. The van der Waals surface area contributed by atoms with Crippen LogP contribution in [0.2, 0.25) is 0 Å². The van der Waals surface area contributed by atoms with Crippen LogP contribution in [0.3, 0.4) is 0 Å². The number of hydrogen-bond acceptors (Lipinski definition) is 2. The quantitative estimate of drug-likeness (QED) is 0.839. The molecule has 0 bridgehead atoms. The van der Waals surface area contributed by atoms with Gasteiger partial charge in [0.2, 0.25) is 0 Å². The summed E-state index contributed by atoms with van der Waals surface area (Å²) in [4.78, 5) is 0. The van der Waals surface area contributed by atoms with Crippen molar-refractivity contribution in [1.29, 1.82) is 0 Å².